The van der Waals surface area contributed by atoms with Crippen molar-refractivity contribution in [3.05, 3.63) is 0 Å². The van der Waals surface area contributed by atoms with Crippen molar-refractivity contribution >= 4 is 8.56 Å². The first-order valence-electron chi connectivity index (χ1n) is 7.83. The maximum Gasteiger partial charge on any atom is 0.340 e. The van der Waals surface area contributed by atoms with Crippen LogP contribution in [0.25, 0.3) is 0 Å². The first-order chi connectivity index (χ1) is 9.28. The first-order valence-corrected chi connectivity index (χ1v) is 10.1. The first kappa shape index (κ1) is 15.4. The van der Waals surface area contributed by atoms with Crippen molar-refractivity contribution in [1.29, 1.82) is 0 Å². The van der Waals surface area contributed by atoms with E-state index in [4.69, 9.17) is 8.85 Å². The van der Waals surface area contributed by atoms with Crippen molar-refractivity contribution in [2.24, 2.45) is 0 Å². The molecule has 5 heteroatoms. The molecule has 0 unspecified atom stereocenters. The number of hydrogen-bond donors (Lipinski definition) is 0. The molecule has 2 saturated heterocycles. The molecule has 0 amide bonds. The van der Waals surface area contributed by atoms with Crippen LogP contribution in [0.15, 0.2) is 0 Å². The Morgan fingerprint density at radius 1 is 0.737 bits per heavy atom. The van der Waals surface area contributed by atoms with Gasteiger partial charge in [0.1, 0.15) is 0 Å². The van der Waals surface area contributed by atoms with E-state index in [1.165, 1.54) is 51.9 Å². The predicted octanol–water partition coefficient (Wildman–Crippen LogP) is 1.91. The van der Waals surface area contributed by atoms with Gasteiger partial charge in [-0.25, -0.2) is 0 Å². The number of likely N-dealkylation sites (tertiary alicyclic amines) is 2. The van der Waals surface area contributed by atoms with Crippen molar-refractivity contribution < 1.29 is 8.85 Å². The van der Waals surface area contributed by atoms with E-state index in [-0.39, 0.29) is 0 Å². The van der Waals surface area contributed by atoms with Crippen LogP contribution in [0.2, 0.25) is 12.1 Å². The third-order valence-electron chi connectivity index (χ3n) is 4.76. The number of rotatable bonds is 8. The highest BCUT2D eigenvalue weighted by Gasteiger charge is 2.36. The monoisotopic (exact) mass is 286 g/mol. The summed E-state index contributed by atoms with van der Waals surface area (Å²) < 4.78 is 11.7. The zero-order valence-electron chi connectivity index (χ0n) is 12.7. The van der Waals surface area contributed by atoms with Gasteiger partial charge in [-0.05, 0) is 51.9 Å². The number of hydrogen-bond acceptors (Lipinski definition) is 4. The van der Waals surface area contributed by atoms with Gasteiger partial charge in [-0.15, -0.1) is 0 Å². The molecule has 0 aliphatic carbocycles. The van der Waals surface area contributed by atoms with Gasteiger partial charge in [0, 0.05) is 39.4 Å². The van der Waals surface area contributed by atoms with Gasteiger partial charge in [0.2, 0.25) is 0 Å². The summed E-state index contributed by atoms with van der Waals surface area (Å²) in [5.41, 5.74) is 0. The summed E-state index contributed by atoms with van der Waals surface area (Å²) in [6, 6.07) is 2.24. The summed E-state index contributed by atoms with van der Waals surface area (Å²) in [5.74, 6) is 0. The topological polar surface area (TPSA) is 24.9 Å². The maximum atomic E-state index is 5.87. The van der Waals surface area contributed by atoms with Crippen LogP contribution in [0, 0.1) is 0 Å². The van der Waals surface area contributed by atoms with E-state index in [9.17, 15) is 0 Å². The average molecular weight is 286 g/mol. The molecule has 0 bridgehead atoms. The van der Waals surface area contributed by atoms with Crippen LogP contribution in [-0.2, 0) is 8.85 Å². The Morgan fingerprint density at radius 2 is 1.11 bits per heavy atom. The Labute approximate surface area is 119 Å². The van der Waals surface area contributed by atoms with Gasteiger partial charge >= 0.3 is 8.56 Å². The molecule has 19 heavy (non-hydrogen) atoms. The number of nitrogens with zero attached hydrogens (tertiary/aromatic N) is 2. The van der Waals surface area contributed by atoms with Crippen molar-refractivity contribution in [1.82, 2.24) is 9.80 Å². The van der Waals surface area contributed by atoms with E-state index in [1.807, 2.05) is 14.2 Å². The van der Waals surface area contributed by atoms with Crippen LogP contribution in [0.1, 0.15) is 25.7 Å². The highest BCUT2D eigenvalue weighted by Crippen LogP contribution is 2.21. The Morgan fingerprint density at radius 3 is 1.42 bits per heavy atom. The zero-order chi connectivity index (χ0) is 13.6. The Kier molecular flexibility index (Phi) is 6.29. The smallest absolute Gasteiger partial charge is 0.340 e. The summed E-state index contributed by atoms with van der Waals surface area (Å²) in [4.78, 5) is 5.13. The lowest BCUT2D eigenvalue weighted by Crippen LogP contribution is -2.45. The van der Waals surface area contributed by atoms with Crippen LogP contribution in [0.5, 0.6) is 0 Å². The molecule has 112 valence electrons. The van der Waals surface area contributed by atoms with Crippen molar-refractivity contribution in [3.63, 3.8) is 0 Å². The van der Waals surface area contributed by atoms with Crippen LogP contribution in [0.4, 0.5) is 0 Å². The Bertz CT molecular complexity index is 228. The fourth-order valence-corrected chi connectivity index (χ4v) is 5.83. The zero-order valence-corrected chi connectivity index (χ0v) is 13.7. The van der Waals surface area contributed by atoms with E-state index in [2.05, 4.69) is 9.80 Å². The molecule has 0 aromatic rings. The van der Waals surface area contributed by atoms with Crippen LogP contribution < -0.4 is 0 Å². The van der Waals surface area contributed by atoms with E-state index < -0.39 is 8.56 Å². The average Bonchev–Trinajstić information content (AvgIpc) is 3.13. The normalized spacial score (nSPS) is 22.4. The van der Waals surface area contributed by atoms with Gasteiger partial charge in [-0.2, -0.15) is 0 Å². The summed E-state index contributed by atoms with van der Waals surface area (Å²) in [6.45, 7) is 7.39. The molecule has 2 heterocycles. The lowest BCUT2D eigenvalue weighted by molar-refractivity contribution is 0.223. The van der Waals surface area contributed by atoms with E-state index in [0.717, 1.165) is 25.2 Å². The van der Waals surface area contributed by atoms with Crippen molar-refractivity contribution in [3.8, 4) is 0 Å². The van der Waals surface area contributed by atoms with Crippen molar-refractivity contribution in [2.45, 2.75) is 37.8 Å². The third kappa shape index (κ3) is 4.53. The summed E-state index contributed by atoms with van der Waals surface area (Å²) in [7, 11) is 1.74. The minimum Gasteiger partial charge on any atom is -0.398 e. The van der Waals surface area contributed by atoms with E-state index >= 15 is 0 Å². The minimum atomic E-state index is -1.96. The molecule has 0 aromatic heterocycles. The van der Waals surface area contributed by atoms with Crippen LogP contribution >= 0.6 is 0 Å². The second kappa shape index (κ2) is 7.74. The van der Waals surface area contributed by atoms with Crippen LogP contribution in [-0.4, -0.2) is 71.8 Å². The largest absolute Gasteiger partial charge is 0.398 e. The molecule has 0 aromatic carbocycles. The van der Waals surface area contributed by atoms with Gasteiger partial charge in [0.05, 0.1) is 0 Å². The molecule has 2 aliphatic heterocycles. The SMILES string of the molecule is CO[Si](CCN1CCCC1)(CCN1CCCC1)OC. The summed E-state index contributed by atoms with van der Waals surface area (Å²) in [5, 5.41) is 0. The molecule has 0 radical (unpaired) electrons. The van der Waals surface area contributed by atoms with Gasteiger partial charge in [0.25, 0.3) is 0 Å². The fraction of sp³-hybridized carbons (Fsp3) is 1.00. The van der Waals surface area contributed by atoms with Crippen LogP contribution in [0.3, 0.4) is 0 Å². The second-order valence-electron chi connectivity index (χ2n) is 5.92. The quantitative estimate of drug-likeness (QED) is 0.637. The van der Waals surface area contributed by atoms with Gasteiger partial charge in [-0.3, -0.25) is 0 Å². The Hall–Kier alpha value is 0.0569. The minimum absolute atomic E-state index is 1.12. The van der Waals surface area contributed by atoms with Gasteiger partial charge < -0.3 is 18.7 Å². The fourth-order valence-electron chi connectivity index (χ4n) is 3.29. The van der Waals surface area contributed by atoms with Crippen molar-refractivity contribution in [2.75, 3.05) is 53.5 Å². The molecule has 0 spiro atoms. The lowest BCUT2D eigenvalue weighted by atomic mass is 10.4. The molecule has 2 aliphatic rings. The molecule has 0 saturated carbocycles. The predicted molar refractivity (Wildman–Crippen MR) is 80.7 cm³/mol. The molecule has 0 atom stereocenters. The lowest BCUT2D eigenvalue weighted by Gasteiger charge is -2.30. The van der Waals surface area contributed by atoms with E-state index in [0.29, 0.717) is 0 Å². The molecular weight excluding hydrogens is 256 g/mol. The summed E-state index contributed by atoms with van der Waals surface area (Å²) in [6.07, 6.45) is 5.45. The molecule has 4 nitrogen and oxygen atoms in total. The third-order valence-corrected chi connectivity index (χ3v) is 8.22. The highest BCUT2D eigenvalue weighted by atomic mass is 28.4. The molecule has 2 fully saturated rings. The maximum absolute atomic E-state index is 5.87. The van der Waals surface area contributed by atoms with Gasteiger partial charge in [0.15, 0.2) is 0 Å². The summed E-state index contributed by atoms with van der Waals surface area (Å²) >= 11 is 0. The highest BCUT2D eigenvalue weighted by molar-refractivity contribution is 6.67. The Balaban J connectivity index is 1.77. The van der Waals surface area contributed by atoms with E-state index in [1.54, 1.807) is 0 Å². The molecular formula is C14H30N2O2Si. The van der Waals surface area contributed by atoms with Gasteiger partial charge in [-0.1, -0.05) is 0 Å². The molecule has 2 rings (SSSR count). The second-order valence-corrected chi connectivity index (χ2v) is 9.55. The standard InChI is InChI=1S/C14H30N2O2Si/c1-17-19(18-2,13-11-15-7-3-4-8-15)14-12-16-9-5-6-10-16/h3-14H2,1-2H3. The molecule has 0 N–H and O–H groups in total.